The summed E-state index contributed by atoms with van der Waals surface area (Å²) in [6.07, 6.45) is 1.91. The number of fused-ring (bicyclic) bond motifs is 2. The van der Waals surface area contributed by atoms with Crippen LogP contribution in [-0.4, -0.2) is 17.6 Å². The molecule has 0 fully saturated rings. The highest BCUT2D eigenvalue weighted by Crippen LogP contribution is 2.41. The van der Waals surface area contributed by atoms with Gasteiger partial charge in [-0.05, 0) is 48.5 Å². The predicted octanol–water partition coefficient (Wildman–Crippen LogP) is 4.74. The van der Waals surface area contributed by atoms with Gasteiger partial charge in [-0.1, -0.05) is 23.9 Å². The molecule has 0 atom stereocenters. The summed E-state index contributed by atoms with van der Waals surface area (Å²) in [6, 6.07) is 17.5. The molecule has 122 valence electrons. The van der Waals surface area contributed by atoms with Gasteiger partial charge in [-0.25, -0.2) is 0 Å². The Bertz CT molecular complexity index is 1030. The Hall–Kier alpha value is -2.92. The van der Waals surface area contributed by atoms with E-state index in [-0.39, 0.29) is 12.6 Å². The number of ether oxygens (including phenoxy) is 2. The molecule has 0 amide bonds. The smallest absolute Gasteiger partial charge is 0.231 e. The molecule has 0 radical (unpaired) electrons. The number of hydrogen-bond acceptors (Lipinski definition) is 4. The van der Waals surface area contributed by atoms with Crippen molar-refractivity contribution in [2.75, 3.05) is 6.79 Å². The SMILES string of the molecule is O=C1/C(=C\c2ccc(-c3ccc4c(c3)OCO4)[nH]2)Sc2ccccc21. The molecule has 25 heavy (non-hydrogen) atoms. The van der Waals surface area contributed by atoms with Crippen LogP contribution < -0.4 is 9.47 Å². The number of nitrogens with one attached hydrogen (secondary N) is 1. The third-order valence-corrected chi connectivity index (χ3v) is 5.35. The maximum Gasteiger partial charge on any atom is 0.231 e. The van der Waals surface area contributed by atoms with E-state index in [9.17, 15) is 4.79 Å². The number of aromatic amines is 1. The Labute approximate surface area is 148 Å². The molecule has 0 bridgehead atoms. The molecule has 1 N–H and O–H groups in total. The van der Waals surface area contributed by atoms with Crippen LogP contribution in [0, 0.1) is 0 Å². The Balaban J connectivity index is 1.45. The minimum absolute atomic E-state index is 0.0832. The number of carbonyl (C=O) groups excluding carboxylic acids is 1. The van der Waals surface area contributed by atoms with Crippen LogP contribution in [0.2, 0.25) is 0 Å². The number of H-pyrrole nitrogens is 1. The summed E-state index contributed by atoms with van der Waals surface area (Å²) in [5, 5.41) is 0. The van der Waals surface area contributed by atoms with Crippen LogP contribution >= 0.6 is 11.8 Å². The van der Waals surface area contributed by atoms with E-state index in [1.54, 1.807) is 0 Å². The van der Waals surface area contributed by atoms with E-state index in [1.165, 1.54) is 11.8 Å². The summed E-state index contributed by atoms with van der Waals surface area (Å²) in [6.45, 7) is 0.265. The molecule has 5 rings (SSSR count). The van der Waals surface area contributed by atoms with E-state index in [4.69, 9.17) is 9.47 Å². The maximum absolute atomic E-state index is 12.5. The van der Waals surface area contributed by atoms with Gasteiger partial charge in [0.1, 0.15) is 0 Å². The average Bonchev–Trinajstić information content (AvgIpc) is 3.35. The number of aromatic nitrogens is 1. The lowest BCUT2D eigenvalue weighted by Crippen LogP contribution is -1.93. The fraction of sp³-hybridized carbons (Fsp3) is 0.0500. The molecule has 2 aromatic carbocycles. The summed E-state index contributed by atoms with van der Waals surface area (Å²) >= 11 is 1.52. The van der Waals surface area contributed by atoms with E-state index < -0.39 is 0 Å². The molecule has 0 saturated heterocycles. The quantitative estimate of drug-likeness (QED) is 0.680. The lowest BCUT2D eigenvalue weighted by molar-refractivity contribution is 0.104. The first-order valence-corrected chi connectivity index (χ1v) is 8.72. The van der Waals surface area contributed by atoms with Gasteiger partial charge in [-0.3, -0.25) is 4.79 Å². The number of ketones is 1. The van der Waals surface area contributed by atoms with Crippen LogP contribution in [0.15, 0.2) is 64.4 Å². The van der Waals surface area contributed by atoms with Crippen LogP contribution in [-0.2, 0) is 0 Å². The van der Waals surface area contributed by atoms with Crippen molar-refractivity contribution < 1.29 is 14.3 Å². The Morgan fingerprint density at radius 3 is 2.80 bits per heavy atom. The fourth-order valence-electron chi connectivity index (χ4n) is 3.01. The molecule has 2 aliphatic rings. The summed E-state index contributed by atoms with van der Waals surface area (Å²) in [5.74, 6) is 1.60. The zero-order valence-corrected chi connectivity index (χ0v) is 13.9. The van der Waals surface area contributed by atoms with Gasteiger partial charge in [-0.2, -0.15) is 0 Å². The molecular weight excluding hydrogens is 334 g/mol. The molecule has 0 spiro atoms. The van der Waals surface area contributed by atoms with Gasteiger partial charge in [0.15, 0.2) is 11.5 Å². The number of hydrogen-bond donors (Lipinski definition) is 1. The summed E-state index contributed by atoms with van der Waals surface area (Å²) in [4.78, 5) is 17.6. The largest absolute Gasteiger partial charge is 0.454 e. The molecule has 0 aliphatic carbocycles. The minimum atomic E-state index is 0.0832. The van der Waals surface area contributed by atoms with Crippen molar-refractivity contribution in [1.82, 2.24) is 4.98 Å². The van der Waals surface area contributed by atoms with E-state index in [0.29, 0.717) is 0 Å². The van der Waals surface area contributed by atoms with Gasteiger partial charge >= 0.3 is 0 Å². The van der Waals surface area contributed by atoms with Gasteiger partial charge in [0.25, 0.3) is 0 Å². The second-order valence-corrected chi connectivity index (χ2v) is 6.92. The highest BCUT2D eigenvalue weighted by Gasteiger charge is 2.25. The number of allylic oxidation sites excluding steroid dienone is 1. The van der Waals surface area contributed by atoms with E-state index >= 15 is 0 Å². The van der Waals surface area contributed by atoms with Crippen LogP contribution in [0.25, 0.3) is 17.3 Å². The first kappa shape index (κ1) is 14.4. The summed E-state index contributed by atoms with van der Waals surface area (Å²) in [5.41, 5.74) is 3.67. The van der Waals surface area contributed by atoms with Crippen molar-refractivity contribution in [1.29, 1.82) is 0 Å². The molecule has 5 heteroatoms. The molecule has 0 saturated carbocycles. The third-order valence-electron chi connectivity index (χ3n) is 4.25. The minimum Gasteiger partial charge on any atom is -0.454 e. The van der Waals surface area contributed by atoms with Gasteiger partial charge in [0.2, 0.25) is 12.6 Å². The fourth-order valence-corrected chi connectivity index (χ4v) is 4.05. The highest BCUT2D eigenvalue weighted by molar-refractivity contribution is 8.04. The van der Waals surface area contributed by atoms with Crippen molar-refractivity contribution in [3.63, 3.8) is 0 Å². The van der Waals surface area contributed by atoms with Crippen molar-refractivity contribution in [2.45, 2.75) is 4.90 Å². The lowest BCUT2D eigenvalue weighted by atomic mass is 10.1. The molecule has 2 aliphatic heterocycles. The van der Waals surface area contributed by atoms with Crippen LogP contribution in [0.4, 0.5) is 0 Å². The Morgan fingerprint density at radius 2 is 1.88 bits per heavy atom. The Kier molecular flexibility index (Phi) is 3.21. The molecule has 0 unspecified atom stereocenters. The van der Waals surface area contributed by atoms with Gasteiger partial charge < -0.3 is 14.5 Å². The van der Waals surface area contributed by atoms with Crippen molar-refractivity contribution in [3.05, 3.63) is 70.8 Å². The van der Waals surface area contributed by atoms with Crippen molar-refractivity contribution in [2.24, 2.45) is 0 Å². The number of rotatable bonds is 2. The summed E-state index contributed by atoms with van der Waals surface area (Å²) in [7, 11) is 0. The lowest BCUT2D eigenvalue weighted by Gasteiger charge is -2.00. The third kappa shape index (κ3) is 2.44. The van der Waals surface area contributed by atoms with Crippen LogP contribution in [0.1, 0.15) is 16.1 Å². The van der Waals surface area contributed by atoms with Gasteiger partial charge in [0.05, 0.1) is 4.91 Å². The maximum atomic E-state index is 12.5. The second kappa shape index (κ2) is 5.57. The highest BCUT2D eigenvalue weighted by atomic mass is 32.2. The second-order valence-electron chi connectivity index (χ2n) is 5.83. The molecule has 1 aromatic heterocycles. The molecule has 3 aromatic rings. The van der Waals surface area contributed by atoms with Crippen molar-refractivity contribution >= 4 is 23.6 Å². The van der Waals surface area contributed by atoms with Crippen LogP contribution in [0.5, 0.6) is 11.5 Å². The normalized spacial score (nSPS) is 16.5. The molecule has 3 heterocycles. The standard InChI is InChI=1S/C20H13NO3S/c22-20-14-3-1-2-4-18(14)25-19(20)10-13-6-7-15(21-13)12-5-8-16-17(9-12)24-11-23-16/h1-10,21H,11H2/b19-10+. The topological polar surface area (TPSA) is 51.3 Å². The molecule has 4 nitrogen and oxygen atoms in total. The van der Waals surface area contributed by atoms with E-state index in [0.717, 1.165) is 43.8 Å². The van der Waals surface area contributed by atoms with Crippen LogP contribution in [0.3, 0.4) is 0 Å². The summed E-state index contributed by atoms with van der Waals surface area (Å²) < 4.78 is 10.8. The van der Waals surface area contributed by atoms with Crippen molar-refractivity contribution in [3.8, 4) is 22.8 Å². The van der Waals surface area contributed by atoms with E-state index in [2.05, 4.69) is 4.98 Å². The monoisotopic (exact) mass is 347 g/mol. The molecular formula is C20H13NO3S. The predicted molar refractivity (Wildman–Crippen MR) is 97.0 cm³/mol. The Morgan fingerprint density at radius 1 is 1.00 bits per heavy atom. The van der Waals surface area contributed by atoms with Gasteiger partial charge in [0, 0.05) is 27.4 Å². The zero-order chi connectivity index (χ0) is 16.8. The number of thioether (sulfide) groups is 1. The average molecular weight is 347 g/mol. The number of benzene rings is 2. The number of Topliss-reactive ketones (excluding diaryl/α,β-unsaturated/α-hetero) is 1. The van der Waals surface area contributed by atoms with E-state index in [1.807, 2.05) is 60.7 Å². The zero-order valence-electron chi connectivity index (χ0n) is 13.1. The first-order valence-electron chi connectivity index (χ1n) is 7.90. The first-order chi connectivity index (χ1) is 12.3. The number of carbonyl (C=O) groups is 1. The van der Waals surface area contributed by atoms with Gasteiger partial charge in [-0.15, -0.1) is 0 Å².